The molecule has 1 heterocycles. The van der Waals surface area contributed by atoms with E-state index in [2.05, 4.69) is 10.2 Å². The van der Waals surface area contributed by atoms with Gasteiger partial charge in [0, 0.05) is 11.4 Å². The molecular formula is C19H24ClN3O. The normalized spacial score (nSPS) is 15.5. The van der Waals surface area contributed by atoms with Crippen molar-refractivity contribution in [3.8, 4) is 0 Å². The van der Waals surface area contributed by atoms with Crippen molar-refractivity contribution in [2.45, 2.75) is 51.4 Å². The summed E-state index contributed by atoms with van der Waals surface area (Å²) in [5.74, 6) is 0.354. The quantitative estimate of drug-likeness (QED) is 0.820. The molecule has 1 aromatic heterocycles. The zero-order valence-electron chi connectivity index (χ0n) is 13.9. The second-order valence-corrected chi connectivity index (χ2v) is 7.17. The Morgan fingerprint density at radius 3 is 2.79 bits per heavy atom. The number of aromatic nitrogens is 2. The molecule has 0 spiro atoms. The van der Waals surface area contributed by atoms with Gasteiger partial charge in [-0.15, -0.1) is 0 Å². The third-order valence-corrected chi connectivity index (χ3v) is 5.18. The van der Waals surface area contributed by atoms with Crippen LogP contribution >= 0.6 is 11.6 Å². The number of nitrogens with zero attached hydrogens (tertiary/aromatic N) is 1. The first-order valence-corrected chi connectivity index (χ1v) is 9.11. The first kappa shape index (κ1) is 17.0. The number of aryl methyl sites for hydroxylation is 1. The topological polar surface area (TPSA) is 71.8 Å². The fourth-order valence-electron chi connectivity index (χ4n) is 3.69. The van der Waals surface area contributed by atoms with Crippen LogP contribution in [0.1, 0.15) is 65.8 Å². The van der Waals surface area contributed by atoms with E-state index in [0.29, 0.717) is 17.0 Å². The molecule has 1 aromatic carbocycles. The van der Waals surface area contributed by atoms with Crippen LogP contribution < -0.4 is 5.73 Å². The van der Waals surface area contributed by atoms with E-state index in [1.807, 2.05) is 24.3 Å². The average molecular weight is 346 g/mol. The van der Waals surface area contributed by atoms with Gasteiger partial charge < -0.3 is 5.73 Å². The van der Waals surface area contributed by atoms with Crippen LogP contribution in [0.25, 0.3) is 0 Å². The number of halogens is 1. The fraction of sp³-hybridized carbons (Fsp3) is 0.474. The van der Waals surface area contributed by atoms with Gasteiger partial charge in [-0.2, -0.15) is 5.10 Å². The molecule has 1 aliphatic carbocycles. The molecule has 3 N–H and O–H groups in total. The molecule has 5 heteroatoms. The predicted molar refractivity (Wildman–Crippen MR) is 96.3 cm³/mol. The molecule has 1 fully saturated rings. The number of primary amides is 1. The first-order chi connectivity index (χ1) is 11.6. The van der Waals surface area contributed by atoms with E-state index in [4.69, 9.17) is 17.3 Å². The Kier molecular flexibility index (Phi) is 5.56. The lowest BCUT2D eigenvalue weighted by Crippen LogP contribution is -2.16. The van der Waals surface area contributed by atoms with Gasteiger partial charge >= 0.3 is 0 Å². The lowest BCUT2D eigenvalue weighted by molar-refractivity contribution is 0.0998. The summed E-state index contributed by atoms with van der Waals surface area (Å²) in [5, 5.41) is 8.08. The SMILES string of the molecule is NC(=O)c1c(CCC2CCCCC2)n[nH]c1Cc1cccc(Cl)c1. The monoisotopic (exact) mass is 345 g/mol. The predicted octanol–water partition coefficient (Wildman–Crippen LogP) is 4.27. The highest BCUT2D eigenvalue weighted by Gasteiger charge is 2.20. The molecular weight excluding hydrogens is 322 g/mol. The maximum absolute atomic E-state index is 11.9. The summed E-state index contributed by atoms with van der Waals surface area (Å²) in [6.45, 7) is 0. The van der Waals surface area contributed by atoms with E-state index in [-0.39, 0.29) is 0 Å². The van der Waals surface area contributed by atoms with E-state index in [0.717, 1.165) is 35.7 Å². The summed E-state index contributed by atoms with van der Waals surface area (Å²) in [6.07, 6.45) is 9.08. The molecule has 1 aliphatic rings. The number of carbonyl (C=O) groups is 1. The number of benzene rings is 1. The van der Waals surface area contributed by atoms with Gasteiger partial charge in [0.1, 0.15) is 0 Å². The fourth-order valence-corrected chi connectivity index (χ4v) is 3.90. The Morgan fingerprint density at radius 2 is 2.08 bits per heavy atom. The van der Waals surface area contributed by atoms with Crippen molar-refractivity contribution in [1.29, 1.82) is 0 Å². The zero-order chi connectivity index (χ0) is 16.9. The van der Waals surface area contributed by atoms with Gasteiger partial charge in [-0.25, -0.2) is 0 Å². The summed E-state index contributed by atoms with van der Waals surface area (Å²) >= 11 is 6.04. The van der Waals surface area contributed by atoms with Crippen LogP contribution in [0.15, 0.2) is 24.3 Å². The molecule has 0 radical (unpaired) electrons. The molecule has 0 bridgehead atoms. The molecule has 3 rings (SSSR count). The van der Waals surface area contributed by atoms with Crippen LogP contribution in [-0.4, -0.2) is 16.1 Å². The summed E-state index contributed by atoms with van der Waals surface area (Å²) in [7, 11) is 0. The van der Waals surface area contributed by atoms with Crippen LogP contribution in [0.3, 0.4) is 0 Å². The smallest absolute Gasteiger partial charge is 0.252 e. The first-order valence-electron chi connectivity index (χ1n) is 8.74. The number of hydrogen-bond acceptors (Lipinski definition) is 2. The highest BCUT2D eigenvalue weighted by Crippen LogP contribution is 2.28. The Labute approximate surface area is 147 Å². The van der Waals surface area contributed by atoms with E-state index in [9.17, 15) is 4.79 Å². The zero-order valence-corrected chi connectivity index (χ0v) is 14.6. The van der Waals surface area contributed by atoms with Crippen molar-refractivity contribution in [3.05, 3.63) is 51.8 Å². The Hall–Kier alpha value is -1.81. The number of hydrogen-bond donors (Lipinski definition) is 2. The standard InChI is InChI=1S/C19H24ClN3O/c20-15-8-4-7-14(11-15)12-17-18(19(21)24)16(22-23-17)10-9-13-5-2-1-3-6-13/h4,7-8,11,13H,1-3,5-6,9-10,12H2,(H2,21,24)(H,22,23). The van der Waals surface area contributed by atoms with E-state index < -0.39 is 5.91 Å². The highest BCUT2D eigenvalue weighted by molar-refractivity contribution is 6.30. The van der Waals surface area contributed by atoms with Gasteiger partial charge in [0.05, 0.1) is 17.0 Å². The minimum atomic E-state index is -0.403. The Bertz CT molecular complexity index is 704. The van der Waals surface area contributed by atoms with Gasteiger partial charge in [-0.05, 0) is 36.5 Å². The van der Waals surface area contributed by atoms with Crippen molar-refractivity contribution in [1.82, 2.24) is 10.2 Å². The lowest BCUT2D eigenvalue weighted by Gasteiger charge is -2.20. The van der Waals surface area contributed by atoms with Crippen LogP contribution in [0.2, 0.25) is 5.02 Å². The summed E-state index contributed by atoms with van der Waals surface area (Å²) in [6, 6.07) is 7.62. The Balaban J connectivity index is 1.73. The number of amides is 1. The largest absolute Gasteiger partial charge is 0.365 e. The third kappa shape index (κ3) is 4.18. The van der Waals surface area contributed by atoms with E-state index in [1.54, 1.807) is 0 Å². The minimum Gasteiger partial charge on any atom is -0.365 e. The Morgan fingerprint density at radius 1 is 1.29 bits per heavy atom. The van der Waals surface area contributed by atoms with Crippen LogP contribution in [-0.2, 0) is 12.8 Å². The van der Waals surface area contributed by atoms with Gasteiger partial charge in [0.2, 0.25) is 0 Å². The van der Waals surface area contributed by atoms with Gasteiger partial charge in [-0.3, -0.25) is 9.89 Å². The summed E-state index contributed by atoms with van der Waals surface area (Å²) in [4.78, 5) is 11.9. The van der Waals surface area contributed by atoms with E-state index in [1.165, 1.54) is 32.1 Å². The van der Waals surface area contributed by atoms with Crippen LogP contribution in [0.5, 0.6) is 0 Å². The molecule has 0 saturated heterocycles. The molecule has 128 valence electrons. The van der Waals surface area contributed by atoms with Gasteiger partial charge in [0.15, 0.2) is 0 Å². The second kappa shape index (κ2) is 7.84. The number of aromatic amines is 1. The molecule has 2 aromatic rings. The third-order valence-electron chi connectivity index (χ3n) is 4.95. The van der Waals surface area contributed by atoms with Crippen molar-refractivity contribution in [3.63, 3.8) is 0 Å². The highest BCUT2D eigenvalue weighted by atomic mass is 35.5. The number of carbonyl (C=O) groups excluding carboxylic acids is 1. The molecule has 0 unspecified atom stereocenters. The number of nitrogens with two attached hydrogens (primary N) is 1. The van der Waals surface area contributed by atoms with Crippen molar-refractivity contribution < 1.29 is 4.79 Å². The van der Waals surface area contributed by atoms with Crippen molar-refractivity contribution >= 4 is 17.5 Å². The molecule has 24 heavy (non-hydrogen) atoms. The maximum Gasteiger partial charge on any atom is 0.252 e. The molecule has 0 aliphatic heterocycles. The molecule has 1 saturated carbocycles. The van der Waals surface area contributed by atoms with Crippen LogP contribution in [0.4, 0.5) is 0 Å². The number of H-pyrrole nitrogens is 1. The number of rotatable bonds is 6. The summed E-state index contributed by atoms with van der Waals surface area (Å²) in [5.41, 5.74) is 8.81. The van der Waals surface area contributed by atoms with Gasteiger partial charge in [-0.1, -0.05) is 55.8 Å². The van der Waals surface area contributed by atoms with Crippen molar-refractivity contribution in [2.75, 3.05) is 0 Å². The molecule has 4 nitrogen and oxygen atoms in total. The second-order valence-electron chi connectivity index (χ2n) is 6.74. The lowest BCUT2D eigenvalue weighted by atomic mass is 9.85. The maximum atomic E-state index is 11.9. The van der Waals surface area contributed by atoms with Gasteiger partial charge in [0.25, 0.3) is 5.91 Å². The molecule has 1 amide bonds. The minimum absolute atomic E-state index is 0.403. The number of nitrogens with one attached hydrogen (secondary N) is 1. The molecule has 0 atom stereocenters. The summed E-state index contributed by atoms with van der Waals surface area (Å²) < 4.78 is 0. The van der Waals surface area contributed by atoms with Crippen LogP contribution in [0, 0.1) is 5.92 Å². The van der Waals surface area contributed by atoms with Crippen molar-refractivity contribution in [2.24, 2.45) is 11.7 Å². The average Bonchev–Trinajstić information content (AvgIpc) is 2.97. The van der Waals surface area contributed by atoms with E-state index >= 15 is 0 Å².